The molecule has 0 atom stereocenters. The first kappa shape index (κ1) is 14.7. The van der Waals surface area contributed by atoms with Gasteiger partial charge in [-0.2, -0.15) is 0 Å². The standard InChI is InChI=1S/C12H13N3O6/c1-3-19-7(16)5-15-6-13-10-8(11(15)17)9(14-21-10)12(18)20-4-2/h6H,3-5H2,1-2H3. The minimum atomic E-state index is -0.788. The minimum absolute atomic E-state index is 0.0943. The quantitative estimate of drug-likeness (QED) is 0.715. The van der Waals surface area contributed by atoms with Crippen LogP contribution in [0, 0.1) is 0 Å². The lowest BCUT2D eigenvalue weighted by Gasteiger charge is -2.04. The van der Waals surface area contributed by atoms with Crippen molar-refractivity contribution in [2.45, 2.75) is 20.4 Å². The van der Waals surface area contributed by atoms with Crippen LogP contribution in [-0.2, 0) is 20.8 Å². The number of aromatic nitrogens is 3. The summed E-state index contributed by atoms with van der Waals surface area (Å²) in [5.41, 5.74) is -0.983. The molecule has 0 unspecified atom stereocenters. The maximum Gasteiger partial charge on any atom is 0.361 e. The highest BCUT2D eigenvalue weighted by Gasteiger charge is 2.22. The molecule has 0 bridgehead atoms. The van der Waals surface area contributed by atoms with Gasteiger partial charge in [0.15, 0.2) is 0 Å². The summed E-state index contributed by atoms with van der Waals surface area (Å²) >= 11 is 0. The van der Waals surface area contributed by atoms with Gasteiger partial charge in [-0.1, -0.05) is 5.16 Å². The fourth-order valence-corrected chi connectivity index (χ4v) is 1.68. The maximum absolute atomic E-state index is 12.3. The summed E-state index contributed by atoms with van der Waals surface area (Å²) in [4.78, 5) is 39.2. The number of rotatable bonds is 5. The van der Waals surface area contributed by atoms with Crippen LogP contribution in [0.15, 0.2) is 15.6 Å². The van der Waals surface area contributed by atoms with Gasteiger partial charge in [0.2, 0.25) is 5.69 Å². The fourth-order valence-electron chi connectivity index (χ4n) is 1.68. The Morgan fingerprint density at radius 1 is 1.29 bits per heavy atom. The second-order valence-corrected chi connectivity index (χ2v) is 3.91. The summed E-state index contributed by atoms with van der Waals surface area (Å²) in [7, 11) is 0. The van der Waals surface area contributed by atoms with Crippen LogP contribution in [0.4, 0.5) is 0 Å². The third-order valence-electron chi connectivity index (χ3n) is 2.54. The largest absolute Gasteiger partial charge is 0.465 e. The molecule has 9 heteroatoms. The normalized spacial score (nSPS) is 10.6. The number of hydrogen-bond acceptors (Lipinski definition) is 8. The molecule has 0 saturated carbocycles. The summed E-state index contributed by atoms with van der Waals surface area (Å²) in [5.74, 6) is -1.38. The van der Waals surface area contributed by atoms with E-state index in [1.165, 1.54) is 0 Å². The maximum atomic E-state index is 12.3. The van der Waals surface area contributed by atoms with E-state index >= 15 is 0 Å². The summed E-state index contributed by atoms with van der Waals surface area (Å²) in [6, 6.07) is 0. The number of nitrogens with zero attached hydrogens (tertiary/aromatic N) is 3. The molecule has 0 aromatic carbocycles. The lowest BCUT2D eigenvalue weighted by Crippen LogP contribution is -2.26. The van der Waals surface area contributed by atoms with Gasteiger partial charge >= 0.3 is 11.9 Å². The molecule has 2 aromatic heterocycles. The Morgan fingerprint density at radius 2 is 2.00 bits per heavy atom. The van der Waals surface area contributed by atoms with Gasteiger partial charge in [0, 0.05) is 0 Å². The van der Waals surface area contributed by atoms with Gasteiger partial charge in [0.1, 0.15) is 18.3 Å². The Hall–Kier alpha value is -2.71. The molecule has 0 N–H and O–H groups in total. The van der Waals surface area contributed by atoms with E-state index in [1.54, 1.807) is 13.8 Å². The number of carbonyl (C=O) groups excluding carboxylic acids is 2. The fraction of sp³-hybridized carbons (Fsp3) is 0.417. The molecule has 0 amide bonds. The van der Waals surface area contributed by atoms with Crippen LogP contribution in [0.5, 0.6) is 0 Å². The van der Waals surface area contributed by atoms with Gasteiger partial charge in [-0.3, -0.25) is 14.2 Å². The number of hydrogen-bond donors (Lipinski definition) is 0. The van der Waals surface area contributed by atoms with Crippen LogP contribution in [0.1, 0.15) is 24.3 Å². The average Bonchev–Trinajstić information content (AvgIpc) is 2.87. The lowest BCUT2D eigenvalue weighted by molar-refractivity contribution is -0.143. The number of fused-ring (bicyclic) bond motifs is 1. The van der Waals surface area contributed by atoms with Crippen molar-refractivity contribution in [2.24, 2.45) is 0 Å². The Bertz CT molecular complexity index is 732. The second-order valence-electron chi connectivity index (χ2n) is 3.91. The summed E-state index contributed by atoms with van der Waals surface area (Å²) in [6.45, 7) is 3.29. The van der Waals surface area contributed by atoms with Crippen molar-refractivity contribution >= 4 is 23.0 Å². The molecule has 0 fully saturated rings. The van der Waals surface area contributed by atoms with Crippen molar-refractivity contribution in [3.8, 4) is 0 Å². The van der Waals surface area contributed by atoms with Crippen LogP contribution in [-0.4, -0.2) is 39.9 Å². The first-order chi connectivity index (χ1) is 10.1. The molecule has 2 aromatic rings. The van der Waals surface area contributed by atoms with Crippen molar-refractivity contribution in [1.82, 2.24) is 14.7 Å². The first-order valence-electron chi connectivity index (χ1n) is 6.26. The third kappa shape index (κ3) is 2.91. The van der Waals surface area contributed by atoms with Gasteiger partial charge in [0.25, 0.3) is 11.3 Å². The highest BCUT2D eigenvalue weighted by molar-refractivity contribution is 5.99. The molecule has 2 rings (SSSR count). The first-order valence-corrected chi connectivity index (χ1v) is 6.26. The zero-order valence-electron chi connectivity index (χ0n) is 11.5. The van der Waals surface area contributed by atoms with E-state index in [4.69, 9.17) is 14.0 Å². The van der Waals surface area contributed by atoms with Gasteiger partial charge in [0.05, 0.1) is 13.2 Å². The Balaban J connectivity index is 2.45. The van der Waals surface area contributed by atoms with Crippen molar-refractivity contribution in [1.29, 1.82) is 0 Å². The Kier molecular flexibility index (Phi) is 4.31. The van der Waals surface area contributed by atoms with Crippen LogP contribution in [0.2, 0.25) is 0 Å². The van der Waals surface area contributed by atoms with E-state index in [1.807, 2.05) is 0 Å². The zero-order valence-corrected chi connectivity index (χ0v) is 11.5. The van der Waals surface area contributed by atoms with E-state index in [0.29, 0.717) is 0 Å². The molecule has 0 saturated heterocycles. The molecule has 0 aliphatic carbocycles. The van der Waals surface area contributed by atoms with Gasteiger partial charge in [-0.15, -0.1) is 0 Å². The molecule has 0 aliphatic heterocycles. The molecular weight excluding hydrogens is 282 g/mol. The van der Waals surface area contributed by atoms with Crippen molar-refractivity contribution in [3.63, 3.8) is 0 Å². The Morgan fingerprint density at radius 3 is 2.67 bits per heavy atom. The van der Waals surface area contributed by atoms with Gasteiger partial charge in [-0.25, -0.2) is 9.78 Å². The highest BCUT2D eigenvalue weighted by atomic mass is 16.5. The third-order valence-corrected chi connectivity index (χ3v) is 2.54. The van der Waals surface area contributed by atoms with Crippen molar-refractivity contribution < 1.29 is 23.6 Å². The van der Waals surface area contributed by atoms with Crippen LogP contribution in [0.25, 0.3) is 11.1 Å². The SMILES string of the molecule is CCOC(=O)Cn1cnc2onc(C(=O)OCC)c2c1=O. The van der Waals surface area contributed by atoms with E-state index in [0.717, 1.165) is 10.9 Å². The topological polar surface area (TPSA) is 114 Å². The number of esters is 2. The highest BCUT2D eigenvalue weighted by Crippen LogP contribution is 2.12. The smallest absolute Gasteiger partial charge is 0.361 e. The van der Waals surface area contributed by atoms with Crippen molar-refractivity contribution in [2.75, 3.05) is 13.2 Å². The predicted octanol–water partition coefficient (Wildman–Crippen LogP) is 0.124. The van der Waals surface area contributed by atoms with Crippen LogP contribution in [0.3, 0.4) is 0 Å². The monoisotopic (exact) mass is 295 g/mol. The minimum Gasteiger partial charge on any atom is -0.465 e. The molecule has 112 valence electrons. The zero-order chi connectivity index (χ0) is 15.4. The summed E-state index contributed by atoms with van der Waals surface area (Å²) in [6.07, 6.45) is 1.13. The van der Waals surface area contributed by atoms with Gasteiger partial charge < -0.3 is 14.0 Å². The molecule has 9 nitrogen and oxygen atoms in total. The molecule has 0 aliphatic rings. The Labute approximate surface area is 118 Å². The lowest BCUT2D eigenvalue weighted by atomic mass is 10.3. The number of carbonyl (C=O) groups is 2. The molecule has 0 spiro atoms. The van der Waals surface area contributed by atoms with Crippen molar-refractivity contribution in [3.05, 3.63) is 22.4 Å². The van der Waals surface area contributed by atoms with Crippen LogP contribution < -0.4 is 5.56 Å². The summed E-state index contributed by atoms with van der Waals surface area (Å²) in [5, 5.41) is 3.36. The predicted molar refractivity (Wildman–Crippen MR) is 68.7 cm³/mol. The van der Waals surface area contributed by atoms with E-state index in [2.05, 4.69) is 10.1 Å². The molecule has 21 heavy (non-hydrogen) atoms. The second kappa shape index (κ2) is 6.16. The summed E-state index contributed by atoms with van der Waals surface area (Å²) < 4.78 is 15.4. The van der Waals surface area contributed by atoms with E-state index in [-0.39, 0.29) is 36.6 Å². The average molecular weight is 295 g/mol. The van der Waals surface area contributed by atoms with E-state index in [9.17, 15) is 14.4 Å². The van der Waals surface area contributed by atoms with Crippen LogP contribution >= 0.6 is 0 Å². The number of ether oxygens (including phenoxy) is 2. The molecule has 0 radical (unpaired) electrons. The molecular formula is C12H13N3O6. The molecule has 2 heterocycles. The van der Waals surface area contributed by atoms with Gasteiger partial charge in [-0.05, 0) is 13.8 Å². The van der Waals surface area contributed by atoms with E-state index < -0.39 is 17.5 Å².